The molecule has 0 radical (unpaired) electrons. The number of carbonyl (C=O) groups is 1. The summed E-state index contributed by atoms with van der Waals surface area (Å²) in [6.07, 6.45) is 3.54. The van der Waals surface area contributed by atoms with Crippen LogP contribution in [0.3, 0.4) is 0 Å². The Balaban J connectivity index is 1.99. The van der Waals surface area contributed by atoms with Crippen LogP contribution >= 0.6 is 0 Å². The van der Waals surface area contributed by atoms with Gasteiger partial charge in [-0.05, 0) is 46.1 Å². The molecule has 1 aromatic rings. The van der Waals surface area contributed by atoms with Crippen LogP contribution in [0.5, 0.6) is 5.75 Å². The highest BCUT2D eigenvalue weighted by atomic mass is 16.5. The number of rotatable bonds is 6. The zero-order valence-electron chi connectivity index (χ0n) is 13.2. The zero-order chi connectivity index (χ0) is 15.5. The standard InChI is InChI=1S/C17H26N2O2/c1-12(2)21-15-8-5-4-7-14(15)13(3)19-16(20)11-17(18)9-6-10-17/h4-5,7-8,12-13H,6,9-11,18H2,1-3H3,(H,19,20). The first-order chi connectivity index (χ1) is 9.89. The molecule has 0 saturated heterocycles. The largest absolute Gasteiger partial charge is 0.491 e. The number of hydrogen-bond acceptors (Lipinski definition) is 3. The van der Waals surface area contributed by atoms with Crippen molar-refractivity contribution < 1.29 is 9.53 Å². The summed E-state index contributed by atoms with van der Waals surface area (Å²) < 4.78 is 5.81. The minimum Gasteiger partial charge on any atom is -0.491 e. The van der Waals surface area contributed by atoms with Crippen molar-refractivity contribution in [3.8, 4) is 5.75 Å². The first-order valence-electron chi connectivity index (χ1n) is 7.73. The molecule has 1 aliphatic rings. The summed E-state index contributed by atoms with van der Waals surface area (Å²) >= 11 is 0. The highest BCUT2D eigenvalue weighted by Gasteiger charge is 2.34. The van der Waals surface area contributed by atoms with E-state index in [2.05, 4.69) is 5.32 Å². The minimum absolute atomic E-state index is 0.0176. The predicted molar refractivity (Wildman–Crippen MR) is 84.2 cm³/mol. The van der Waals surface area contributed by atoms with Crippen molar-refractivity contribution in [1.82, 2.24) is 5.32 Å². The number of benzene rings is 1. The monoisotopic (exact) mass is 290 g/mol. The molecule has 4 heteroatoms. The van der Waals surface area contributed by atoms with Crippen LogP contribution in [0.4, 0.5) is 0 Å². The number of hydrogen-bond donors (Lipinski definition) is 2. The predicted octanol–water partition coefficient (Wildman–Crippen LogP) is 2.92. The maximum Gasteiger partial charge on any atom is 0.222 e. The van der Waals surface area contributed by atoms with E-state index in [-0.39, 0.29) is 23.6 Å². The molecule has 1 saturated carbocycles. The summed E-state index contributed by atoms with van der Waals surface area (Å²) in [6, 6.07) is 7.75. The average Bonchev–Trinajstić information content (AvgIpc) is 2.36. The topological polar surface area (TPSA) is 64.3 Å². The van der Waals surface area contributed by atoms with Crippen LogP contribution in [0.15, 0.2) is 24.3 Å². The normalized spacial score (nSPS) is 18.0. The van der Waals surface area contributed by atoms with Crippen molar-refractivity contribution in [2.45, 2.75) is 64.1 Å². The number of carbonyl (C=O) groups excluding carboxylic acids is 1. The molecule has 21 heavy (non-hydrogen) atoms. The summed E-state index contributed by atoms with van der Waals surface area (Å²) in [5, 5.41) is 3.04. The van der Waals surface area contributed by atoms with E-state index >= 15 is 0 Å². The molecule has 0 spiro atoms. The Labute approximate surface area is 127 Å². The lowest BCUT2D eigenvalue weighted by Crippen LogP contribution is -2.50. The first kappa shape index (κ1) is 15.8. The number of ether oxygens (including phenoxy) is 1. The van der Waals surface area contributed by atoms with E-state index in [9.17, 15) is 4.79 Å². The molecule has 0 bridgehead atoms. The summed E-state index contributed by atoms with van der Waals surface area (Å²) in [6.45, 7) is 5.97. The van der Waals surface area contributed by atoms with E-state index in [1.54, 1.807) is 0 Å². The van der Waals surface area contributed by atoms with Gasteiger partial charge in [0.25, 0.3) is 0 Å². The van der Waals surface area contributed by atoms with E-state index in [1.807, 2.05) is 45.0 Å². The molecule has 1 amide bonds. The van der Waals surface area contributed by atoms with E-state index < -0.39 is 0 Å². The Hall–Kier alpha value is -1.55. The van der Waals surface area contributed by atoms with Crippen molar-refractivity contribution >= 4 is 5.91 Å². The second kappa shape index (κ2) is 6.48. The first-order valence-corrected chi connectivity index (χ1v) is 7.73. The minimum atomic E-state index is -0.280. The zero-order valence-corrected chi connectivity index (χ0v) is 13.2. The summed E-state index contributed by atoms with van der Waals surface area (Å²) in [4.78, 5) is 12.1. The molecular weight excluding hydrogens is 264 g/mol. The molecular formula is C17H26N2O2. The van der Waals surface area contributed by atoms with Gasteiger partial charge in [0.2, 0.25) is 5.91 Å². The number of nitrogens with one attached hydrogen (secondary N) is 1. The SMILES string of the molecule is CC(C)Oc1ccccc1C(C)NC(=O)CC1(N)CCC1. The third kappa shape index (κ3) is 4.21. The van der Waals surface area contributed by atoms with E-state index in [0.717, 1.165) is 30.6 Å². The van der Waals surface area contributed by atoms with Gasteiger partial charge in [0.1, 0.15) is 5.75 Å². The van der Waals surface area contributed by atoms with Crippen molar-refractivity contribution in [2.75, 3.05) is 0 Å². The lowest BCUT2D eigenvalue weighted by molar-refractivity contribution is -0.123. The molecule has 1 aromatic carbocycles. The van der Waals surface area contributed by atoms with Crippen molar-refractivity contribution in [2.24, 2.45) is 5.73 Å². The Kier molecular flexibility index (Phi) is 4.88. The van der Waals surface area contributed by atoms with Crippen LogP contribution in [-0.2, 0) is 4.79 Å². The number of nitrogens with two attached hydrogens (primary N) is 1. The molecule has 0 aromatic heterocycles. The van der Waals surface area contributed by atoms with Gasteiger partial charge in [0.05, 0.1) is 12.1 Å². The fraction of sp³-hybridized carbons (Fsp3) is 0.588. The fourth-order valence-corrected chi connectivity index (χ4v) is 2.70. The van der Waals surface area contributed by atoms with E-state index in [4.69, 9.17) is 10.5 Å². The van der Waals surface area contributed by atoms with Gasteiger partial charge >= 0.3 is 0 Å². The van der Waals surface area contributed by atoms with Gasteiger partial charge in [-0.25, -0.2) is 0 Å². The van der Waals surface area contributed by atoms with Crippen molar-refractivity contribution in [3.63, 3.8) is 0 Å². The molecule has 1 unspecified atom stereocenters. The molecule has 3 N–H and O–H groups in total. The maximum absolute atomic E-state index is 12.1. The van der Waals surface area contributed by atoms with Crippen LogP contribution in [-0.4, -0.2) is 17.6 Å². The van der Waals surface area contributed by atoms with Crippen LogP contribution in [0.1, 0.15) is 58.1 Å². The molecule has 2 rings (SSSR count). The molecule has 0 heterocycles. The highest BCUT2D eigenvalue weighted by Crippen LogP contribution is 2.32. The second-order valence-corrected chi connectivity index (χ2v) is 6.39. The third-order valence-corrected chi connectivity index (χ3v) is 3.99. The number of para-hydroxylation sites is 1. The van der Waals surface area contributed by atoms with Crippen molar-refractivity contribution in [1.29, 1.82) is 0 Å². The van der Waals surface area contributed by atoms with Crippen LogP contribution < -0.4 is 15.8 Å². The quantitative estimate of drug-likeness (QED) is 0.846. The van der Waals surface area contributed by atoms with Crippen molar-refractivity contribution in [3.05, 3.63) is 29.8 Å². The Morgan fingerprint density at radius 3 is 2.57 bits per heavy atom. The van der Waals surface area contributed by atoms with E-state index in [1.165, 1.54) is 0 Å². The van der Waals surface area contributed by atoms with Gasteiger partial charge in [-0.1, -0.05) is 18.2 Å². The van der Waals surface area contributed by atoms with Crippen LogP contribution in [0, 0.1) is 0 Å². The average molecular weight is 290 g/mol. The summed E-state index contributed by atoms with van der Waals surface area (Å²) in [5.74, 6) is 0.843. The summed E-state index contributed by atoms with van der Waals surface area (Å²) in [5.41, 5.74) is 6.85. The second-order valence-electron chi connectivity index (χ2n) is 6.39. The smallest absolute Gasteiger partial charge is 0.222 e. The van der Waals surface area contributed by atoms with Gasteiger partial charge in [0.15, 0.2) is 0 Å². The molecule has 1 aliphatic carbocycles. The van der Waals surface area contributed by atoms with Crippen LogP contribution in [0.2, 0.25) is 0 Å². The summed E-state index contributed by atoms with van der Waals surface area (Å²) in [7, 11) is 0. The lowest BCUT2D eigenvalue weighted by atomic mass is 9.75. The number of amides is 1. The molecule has 116 valence electrons. The lowest BCUT2D eigenvalue weighted by Gasteiger charge is -2.37. The Morgan fingerprint density at radius 2 is 2.00 bits per heavy atom. The van der Waals surface area contributed by atoms with E-state index in [0.29, 0.717) is 6.42 Å². The molecule has 1 fully saturated rings. The van der Waals surface area contributed by atoms with Crippen LogP contribution in [0.25, 0.3) is 0 Å². The maximum atomic E-state index is 12.1. The fourth-order valence-electron chi connectivity index (χ4n) is 2.70. The van der Waals surface area contributed by atoms with Gasteiger partial charge in [-0.15, -0.1) is 0 Å². The molecule has 1 atom stereocenters. The van der Waals surface area contributed by atoms with Gasteiger partial charge in [-0.2, -0.15) is 0 Å². The van der Waals surface area contributed by atoms with Gasteiger partial charge in [0, 0.05) is 17.5 Å². The van der Waals surface area contributed by atoms with Gasteiger partial charge in [-0.3, -0.25) is 4.79 Å². The van der Waals surface area contributed by atoms with Gasteiger partial charge < -0.3 is 15.8 Å². The third-order valence-electron chi connectivity index (χ3n) is 3.99. The Morgan fingerprint density at radius 1 is 1.33 bits per heavy atom. The highest BCUT2D eigenvalue weighted by molar-refractivity contribution is 5.78. The Bertz CT molecular complexity index is 495. The molecule has 4 nitrogen and oxygen atoms in total. The molecule has 0 aliphatic heterocycles.